The van der Waals surface area contributed by atoms with E-state index in [1.165, 1.54) is 32.8 Å². The van der Waals surface area contributed by atoms with Gasteiger partial charge in [0.2, 0.25) is 4.96 Å². The highest BCUT2D eigenvalue weighted by atomic mass is 32.1. The molecule has 0 bridgehead atoms. The van der Waals surface area contributed by atoms with Crippen molar-refractivity contribution in [2.24, 2.45) is 5.10 Å². The van der Waals surface area contributed by atoms with E-state index in [1.54, 1.807) is 0 Å². The Morgan fingerprint density at radius 3 is 2.49 bits per heavy atom. The molecule has 0 atom stereocenters. The Kier molecular flexibility index (Phi) is 5.16. The van der Waals surface area contributed by atoms with E-state index in [9.17, 15) is 4.79 Å². The van der Waals surface area contributed by atoms with Gasteiger partial charge in [-0.2, -0.15) is 14.7 Å². The van der Waals surface area contributed by atoms with Gasteiger partial charge < -0.3 is 0 Å². The Hall–Kier alpha value is -3.95. The highest BCUT2D eigenvalue weighted by Crippen LogP contribution is 2.32. The molecule has 0 saturated carbocycles. The predicted octanol–water partition coefficient (Wildman–Crippen LogP) is 5.43. The van der Waals surface area contributed by atoms with E-state index in [1.807, 2.05) is 81.4 Å². The molecule has 4 aromatic heterocycles. The molecule has 0 aliphatic rings. The lowest BCUT2D eigenvalue weighted by Gasteiger charge is -2.06. The Labute approximate surface area is 208 Å². The SMILES string of the molecule is Cc1ccc(N/N=c2\sc3nc4c(sc5nc(C)cc(C)c54)c(=O)n3nc2-c2ccccc2)cc1. The zero-order valence-corrected chi connectivity index (χ0v) is 20.9. The quantitative estimate of drug-likeness (QED) is 0.330. The van der Waals surface area contributed by atoms with Crippen LogP contribution in [-0.2, 0) is 0 Å². The average molecular weight is 497 g/mol. The second-order valence-corrected chi connectivity index (χ2v) is 10.3. The Balaban J connectivity index is 1.65. The van der Waals surface area contributed by atoms with E-state index < -0.39 is 0 Å². The van der Waals surface area contributed by atoms with E-state index in [0.29, 0.717) is 25.5 Å². The molecule has 0 aliphatic heterocycles. The van der Waals surface area contributed by atoms with Crippen LogP contribution in [0.1, 0.15) is 16.8 Å². The smallest absolute Gasteiger partial charge is 0.277 e. The van der Waals surface area contributed by atoms with Gasteiger partial charge in [0, 0.05) is 16.6 Å². The number of nitrogens with one attached hydrogen (secondary N) is 1. The minimum Gasteiger partial charge on any atom is -0.277 e. The second kappa shape index (κ2) is 8.37. The number of pyridine rings is 1. The number of fused-ring (bicyclic) bond motifs is 4. The molecule has 7 nitrogen and oxygen atoms in total. The summed E-state index contributed by atoms with van der Waals surface area (Å²) in [6.45, 7) is 6.03. The number of aromatic nitrogens is 4. The van der Waals surface area contributed by atoms with Crippen LogP contribution in [0.3, 0.4) is 0 Å². The molecule has 9 heteroatoms. The summed E-state index contributed by atoms with van der Waals surface area (Å²) >= 11 is 2.69. The van der Waals surface area contributed by atoms with Crippen LogP contribution in [-0.4, -0.2) is 19.6 Å². The van der Waals surface area contributed by atoms with Crippen molar-refractivity contribution in [1.29, 1.82) is 0 Å². The van der Waals surface area contributed by atoms with Crippen molar-refractivity contribution >= 4 is 53.8 Å². The fourth-order valence-electron chi connectivity index (χ4n) is 4.03. The molecule has 0 unspecified atom stereocenters. The van der Waals surface area contributed by atoms with E-state index in [4.69, 9.17) is 10.1 Å². The molecule has 6 rings (SSSR count). The van der Waals surface area contributed by atoms with E-state index in [2.05, 4.69) is 15.5 Å². The summed E-state index contributed by atoms with van der Waals surface area (Å²) < 4.78 is 2.57. The normalized spacial score (nSPS) is 12.1. The van der Waals surface area contributed by atoms with Crippen LogP contribution in [0.25, 0.3) is 36.7 Å². The highest BCUT2D eigenvalue weighted by molar-refractivity contribution is 7.25. The first-order valence-electron chi connectivity index (χ1n) is 11.0. The largest absolute Gasteiger partial charge is 0.293 e. The maximum atomic E-state index is 13.6. The average Bonchev–Trinajstić information content (AvgIpc) is 3.22. The maximum absolute atomic E-state index is 13.6. The molecule has 0 amide bonds. The van der Waals surface area contributed by atoms with Crippen molar-refractivity contribution in [3.05, 3.63) is 92.5 Å². The Morgan fingerprint density at radius 1 is 0.943 bits per heavy atom. The molecule has 1 N–H and O–H groups in total. The minimum absolute atomic E-state index is 0.198. The van der Waals surface area contributed by atoms with Gasteiger partial charge in [-0.15, -0.1) is 11.3 Å². The van der Waals surface area contributed by atoms with Crippen LogP contribution in [0.4, 0.5) is 5.69 Å². The fraction of sp³-hybridized carbons (Fsp3) is 0.115. The molecule has 0 fully saturated rings. The summed E-state index contributed by atoms with van der Waals surface area (Å²) in [5.41, 5.74) is 9.08. The topological polar surface area (TPSA) is 84.5 Å². The van der Waals surface area contributed by atoms with Crippen molar-refractivity contribution in [3.8, 4) is 11.3 Å². The first-order chi connectivity index (χ1) is 17.0. The molecule has 172 valence electrons. The third-order valence-electron chi connectivity index (χ3n) is 5.71. The molecule has 0 aliphatic carbocycles. The molecule has 35 heavy (non-hydrogen) atoms. The van der Waals surface area contributed by atoms with E-state index in [-0.39, 0.29) is 5.56 Å². The summed E-state index contributed by atoms with van der Waals surface area (Å²) in [7, 11) is 0. The van der Waals surface area contributed by atoms with Gasteiger partial charge in [-0.25, -0.2) is 9.97 Å². The molecule has 0 spiro atoms. The fourth-order valence-corrected chi connectivity index (χ4v) is 6.06. The standard InChI is InChI=1S/C26H20N6OS2/c1-14-9-11-18(12-10-14)29-30-24-20(17-7-5-4-6-8-17)31-32-25(33)22-21(28-26(32)35-24)19-15(2)13-16(3)27-23(19)34-22/h4-13,29H,1-3H3/b30-24-. The molecule has 4 heterocycles. The number of thiophene rings is 1. The van der Waals surface area contributed by atoms with Crippen molar-refractivity contribution in [2.75, 3.05) is 5.43 Å². The minimum atomic E-state index is -0.198. The zero-order valence-electron chi connectivity index (χ0n) is 19.2. The summed E-state index contributed by atoms with van der Waals surface area (Å²) in [6, 6.07) is 19.8. The monoisotopic (exact) mass is 496 g/mol. The first kappa shape index (κ1) is 21.6. The predicted molar refractivity (Wildman–Crippen MR) is 143 cm³/mol. The first-order valence-corrected chi connectivity index (χ1v) is 12.7. The van der Waals surface area contributed by atoms with Crippen molar-refractivity contribution in [3.63, 3.8) is 0 Å². The van der Waals surface area contributed by atoms with Crippen molar-refractivity contribution < 1.29 is 0 Å². The van der Waals surface area contributed by atoms with Gasteiger partial charge in [-0.05, 0) is 44.5 Å². The number of hydrogen-bond donors (Lipinski definition) is 1. The third-order valence-corrected chi connectivity index (χ3v) is 7.70. The Bertz CT molecular complexity index is 1870. The second-order valence-electron chi connectivity index (χ2n) is 8.36. The number of aryl methyl sites for hydroxylation is 3. The molecule has 0 saturated heterocycles. The van der Waals surface area contributed by atoms with Crippen LogP contribution < -0.4 is 15.7 Å². The summed E-state index contributed by atoms with van der Waals surface area (Å²) in [5, 5.41) is 10.3. The van der Waals surface area contributed by atoms with Crippen LogP contribution in [0, 0.1) is 20.8 Å². The van der Waals surface area contributed by atoms with Crippen molar-refractivity contribution in [2.45, 2.75) is 20.8 Å². The van der Waals surface area contributed by atoms with Crippen molar-refractivity contribution in [1.82, 2.24) is 19.6 Å². The number of anilines is 1. The van der Waals surface area contributed by atoms with E-state index in [0.717, 1.165) is 32.7 Å². The van der Waals surface area contributed by atoms with Gasteiger partial charge in [-0.1, -0.05) is 59.4 Å². The van der Waals surface area contributed by atoms with Crippen LogP contribution in [0.2, 0.25) is 0 Å². The number of benzene rings is 2. The lowest BCUT2D eigenvalue weighted by atomic mass is 10.1. The third kappa shape index (κ3) is 3.78. The summed E-state index contributed by atoms with van der Waals surface area (Å²) in [6.07, 6.45) is 0. The highest BCUT2D eigenvalue weighted by Gasteiger charge is 2.18. The zero-order chi connectivity index (χ0) is 24.1. The van der Waals surface area contributed by atoms with Gasteiger partial charge >= 0.3 is 0 Å². The van der Waals surface area contributed by atoms with Gasteiger partial charge in [0.15, 0.2) is 4.67 Å². The van der Waals surface area contributed by atoms with Crippen LogP contribution >= 0.6 is 22.7 Å². The number of rotatable bonds is 3. The van der Waals surface area contributed by atoms with Crippen LogP contribution in [0.5, 0.6) is 0 Å². The lowest BCUT2D eigenvalue weighted by Crippen LogP contribution is -2.21. The molecule has 2 aromatic carbocycles. The Morgan fingerprint density at radius 2 is 1.71 bits per heavy atom. The van der Waals surface area contributed by atoms with Gasteiger partial charge in [-0.3, -0.25) is 10.2 Å². The van der Waals surface area contributed by atoms with Gasteiger partial charge in [0.25, 0.3) is 5.56 Å². The van der Waals surface area contributed by atoms with E-state index >= 15 is 0 Å². The van der Waals surface area contributed by atoms with Gasteiger partial charge in [0.1, 0.15) is 15.2 Å². The van der Waals surface area contributed by atoms with Crippen LogP contribution in [0.15, 0.2) is 70.6 Å². The number of hydrogen-bond acceptors (Lipinski definition) is 8. The maximum Gasteiger partial charge on any atom is 0.293 e. The molecule has 6 aromatic rings. The lowest BCUT2D eigenvalue weighted by molar-refractivity contribution is 0.897. The molecular formula is C26H20N6OS2. The van der Waals surface area contributed by atoms with Gasteiger partial charge in [0.05, 0.1) is 11.2 Å². The summed E-state index contributed by atoms with van der Waals surface area (Å²) in [4.78, 5) is 24.4. The summed E-state index contributed by atoms with van der Waals surface area (Å²) in [5.74, 6) is 0. The number of nitrogens with zero attached hydrogens (tertiary/aromatic N) is 5. The molecular weight excluding hydrogens is 476 g/mol. The molecule has 0 radical (unpaired) electrons.